The molecule has 0 spiro atoms. The molecule has 0 radical (unpaired) electrons. The summed E-state index contributed by atoms with van der Waals surface area (Å²) in [5, 5.41) is 1.13. The number of halogens is 2. The number of ether oxygens (including phenoxy) is 2. The molecular weight excluding hydrogens is 469 g/mol. The van der Waals surface area contributed by atoms with Crippen molar-refractivity contribution in [3.63, 3.8) is 0 Å². The van der Waals surface area contributed by atoms with Gasteiger partial charge in [-0.05, 0) is 54.8 Å². The fraction of sp³-hybridized carbons (Fsp3) is 0.250. The first-order valence-corrected chi connectivity index (χ1v) is 12.1. The van der Waals surface area contributed by atoms with E-state index >= 15 is 0 Å². The average Bonchev–Trinajstić information content (AvgIpc) is 3.05. The molecule has 0 aliphatic carbocycles. The topological polar surface area (TPSA) is 38.8 Å². The Morgan fingerprint density at radius 2 is 1.76 bits per heavy atom. The second-order valence-corrected chi connectivity index (χ2v) is 9.39. The van der Waals surface area contributed by atoms with Crippen LogP contribution in [-0.4, -0.2) is 19.1 Å². The molecule has 0 fully saturated rings. The Kier molecular flexibility index (Phi) is 7.50. The summed E-state index contributed by atoms with van der Waals surface area (Å²) in [7, 11) is 0. The van der Waals surface area contributed by atoms with E-state index in [1.54, 1.807) is 12.1 Å². The second-order valence-electron chi connectivity index (χ2n) is 8.55. The van der Waals surface area contributed by atoms with Crippen LogP contribution in [0.15, 0.2) is 60.7 Å². The zero-order valence-corrected chi connectivity index (χ0v) is 21.0. The normalized spacial score (nSPS) is 14.1. The number of anilines is 1. The van der Waals surface area contributed by atoms with Gasteiger partial charge in [0.2, 0.25) is 0 Å². The van der Waals surface area contributed by atoms with Gasteiger partial charge in [0, 0.05) is 33.3 Å². The Labute approximate surface area is 210 Å². The number of rotatable bonds is 8. The lowest BCUT2D eigenvalue weighted by Crippen LogP contribution is -2.30. The maximum atomic E-state index is 13.3. The van der Waals surface area contributed by atoms with Gasteiger partial charge in [-0.3, -0.25) is 4.79 Å². The van der Waals surface area contributed by atoms with Crippen molar-refractivity contribution in [3.05, 3.63) is 87.4 Å². The Morgan fingerprint density at radius 1 is 0.971 bits per heavy atom. The van der Waals surface area contributed by atoms with E-state index in [2.05, 4.69) is 13.8 Å². The zero-order chi connectivity index (χ0) is 24.2. The van der Waals surface area contributed by atoms with Crippen molar-refractivity contribution >= 4 is 46.4 Å². The highest BCUT2D eigenvalue weighted by molar-refractivity contribution is 6.36. The summed E-state index contributed by atoms with van der Waals surface area (Å²) in [5.74, 6) is 1.60. The third-order valence-corrected chi connectivity index (χ3v) is 6.07. The highest BCUT2D eigenvalue weighted by Crippen LogP contribution is 2.39. The summed E-state index contributed by atoms with van der Waals surface area (Å²) in [6.45, 7) is 7.60. The van der Waals surface area contributed by atoms with Crippen molar-refractivity contribution in [1.29, 1.82) is 0 Å². The summed E-state index contributed by atoms with van der Waals surface area (Å²) < 4.78 is 11.9. The predicted molar refractivity (Wildman–Crippen MR) is 140 cm³/mol. The lowest BCUT2D eigenvalue weighted by molar-refractivity contribution is -0.113. The van der Waals surface area contributed by atoms with Gasteiger partial charge in [-0.25, -0.2) is 0 Å². The van der Waals surface area contributed by atoms with Gasteiger partial charge < -0.3 is 14.4 Å². The van der Waals surface area contributed by atoms with Crippen LogP contribution in [0.3, 0.4) is 0 Å². The van der Waals surface area contributed by atoms with Gasteiger partial charge in [0.05, 0.1) is 12.3 Å². The van der Waals surface area contributed by atoms with Crippen LogP contribution in [-0.2, 0) is 11.4 Å². The van der Waals surface area contributed by atoms with Crippen molar-refractivity contribution < 1.29 is 14.3 Å². The summed E-state index contributed by atoms with van der Waals surface area (Å²) in [5.41, 5.74) is 4.28. The highest BCUT2D eigenvalue weighted by Gasteiger charge is 2.32. The minimum atomic E-state index is 0.0190. The largest absolute Gasteiger partial charge is 0.490 e. The number of para-hydroxylation sites is 1. The SMILES string of the molecule is CCOc1cc(/C=C2\C(=O)N(CC(C)C)c3ccccc32)ccc1OCc1ccc(Cl)cc1Cl. The minimum Gasteiger partial charge on any atom is -0.490 e. The molecule has 1 aliphatic heterocycles. The molecule has 0 unspecified atom stereocenters. The molecule has 4 rings (SSSR count). The highest BCUT2D eigenvalue weighted by atomic mass is 35.5. The smallest absolute Gasteiger partial charge is 0.259 e. The van der Waals surface area contributed by atoms with Gasteiger partial charge in [0.15, 0.2) is 11.5 Å². The van der Waals surface area contributed by atoms with E-state index < -0.39 is 0 Å². The van der Waals surface area contributed by atoms with Crippen molar-refractivity contribution in [2.75, 3.05) is 18.1 Å². The van der Waals surface area contributed by atoms with E-state index in [1.807, 2.05) is 66.4 Å². The zero-order valence-electron chi connectivity index (χ0n) is 19.5. The van der Waals surface area contributed by atoms with E-state index in [-0.39, 0.29) is 12.5 Å². The van der Waals surface area contributed by atoms with Crippen LogP contribution >= 0.6 is 23.2 Å². The summed E-state index contributed by atoms with van der Waals surface area (Å²) >= 11 is 12.3. The molecule has 1 heterocycles. The Hall–Kier alpha value is -2.95. The molecule has 4 nitrogen and oxygen atoms in total. The van der Waals surface area contributed by atoms with Crippen LogP contribution < -0.4 is 14.4 Å². The van der Waals surface area contributed by atoms with E-state index in [0.29, 0.717) is 46.2 Å². The number of carbonyl (C=O) groups is 1. The van der Waals surface area contributed by atoms with Crippen LogP contribution in [0.5, 0.6) is 11.5 Å². The number of nitrogens with zero attached hydrogens (tertiary/aromatic N) is 1. The Bertz CT molecular complexity index is 1240. The lowest BCUT2D eigenvalue weighted by atomic mass is 10.0. The molecular formula is C28H27Cl2NO3. The van der Waals surface area contributed by atoms with Crippen LogP contribution in [0.2, 0.25) is 10.0 Å². The summed E-state index contributed by atoms with van der Waals surface area (Å²) in [4.78, 5) is 15.1. The first-order chi connectivity index (χ1) is 16.4. The molecule has 34 heavy (non-hydrogen) atoms. The fourth-order valence-corrected chi connectivity index (χ4v) is 4.42. The molecule has 6 heteroatoms. The molecule has 0 N–H and O–H groups in total. The second kappa shape index (κ2) is 10.5. The van der Waals surface area contributed by atoms with Gasteiger partial charge in [0.25, 0.3) is 5.91 Å². The van der Waals surface area contributed by atoms with Crippen molar-refractivity contribution in [2.45, 2.75) is 27.4 Å². The van der Waals surface area contributed by atoms with Crippen LogP contribution in [0.1, 0.15) is 37.5 Å². The first kappa shape index (κ1) is 24.2. The quantitative estimate of drug-likeness (QED) is 0.303. The number of fused-ring (bicyclic) bond motifs is 1. The molecule has 0 saturated heterocycles. The molecule has 176 valence electrons. The van der Waals surface area contributed by atoms with Gasteiger partial charge in [0.1, 0.15) is 6.61 Å². The van der Waals surface area contributed by atoms with E-state index in [0.717, 1.165) is 22.4 Å². The van der Waals surface area contributed by atoms with Gasteiger partial charge in [-0.15, -0.1) is 0 Å². The third kappa shape index (κ3) is 5.24. The third-order valence-electron chi connectivity index (χ3n) is 5.49. The number of hydrogen-bond acceptors (Lipinski definition) is 3. The van der Waals surface area contributed by atoms with E-state index in [4.69, 9.17) is 32.7 Å². The number of amides is 1. The van der Waals surface area contributed by atoms with Crippen molar-refractivity contribution in [1.82, 2.24) is 0 Å². The van der Waals surface area contributed by atoms with E-state index in [1.165, 1.54) is 0 Å². The van der Waals surface area contributed by atoms with Crippen LogP contribution in [0, 0.1) is 5.92 Å². The maximum Gasteiger partial charge on any atom is 0.259 e. The Morgan fingerprint density at radius 3 is 2.50 bits per heavy atom. The lowest BCUT2D eigenvalue weighted by Gasteiger charge is -2.19. The molecule has 3 aromatic carbocycles. The average molecular weight is 496 g/mol. The summed E-state index contributed by atoms with van der Waals surface area (Å²) in [6, 6.07) is 18.9. The van der Waals surface area contributed by atoms with Gasteiger partial charge in [-0.2, -0.15) is 0 Å². The molecule has 0 aromatic heterocycles. The first-order valence-electron chi connectivity index (χ1n) is 11.3. The van der Waals surface area contributed by atoms with E-state index in [9.17, 15) is 4.79 Å². The minimum absolute atomic E-state index is 0.0190. The molecule has 0 saturated carbocycles. The van der Waals surface area contributed by atoms with Crippen LogP contribution in [0.4, 0.5) is 5.69 Å². The standard InChI is InChI=1S/C28H27Cl2NO3/c1-4-33-27-14-19(9-12-26(27)34-17-20-10-11-21(29)15-24(20)30)13-23-22-7-5-6-8-25(22)31(28(23)32)16-18(2)3/h5-15,18H,4,16-17H2,1-3H3/b23-13-. The fourth-order valence-electron chi connectivity index (χ4n) is 3.96. The monoisotopic (exact) mass is 495 g/mol. The Balaban J connectivity index is 1.62. The van der Waals surface area contributed by atoms with Gasteiger partial charge in [-0.1, -0.05) is 67.4 Å². The number of hydrogen-bond donors (Lipinski definition) is 0. The summed E-state index contributed by atoms with van der Waals surface area (Å²) in [6.07, 6.45) is 1.92. The van der Waals surface area contributed by atoms with Gasteiger partial charge >= 0.3 is 0 Å². The molecule has 1 amide bonds. The molecule has 0 atom stereocenters. The molecule has 0 bridgehead atoms. The van der Waals surface area contributed by atoms with Crippen LogP contribution in [0.25, 0.3) is 11.6 Å². The van der Waals surface area contributed by atoms with Crippen molar-refractivity contribution in [3.8, 4) is 11.5 Å². The van der Waals surface area contributed by atoms with Crippen molar-refractivity contribution in [2.24, 2.45) is 5.92 Å². The maximum absolute atomic E-state index is 13.3. The predicted octanol–water partition coefficient (Wildman–Crippen LogP) is 7.51. The number of benzene rings is 3. The number of carbonyl (C=O) groups excluding carboxylic acids is 1. The molecule has 3 aromatic rings. The molecule has 1 aliphatic rings.